The number of rotatable bonds is 5. The van der Waals surface area contributed by atoms with Crippen LogP contribution in [0.25, 0.3) is 0 Å². The number of hydrogen-bond donors (Lipinski definition) is 2. The van der Waals surface area contributed by atoms with Crippen molar-refractivity contribution >= 4 is 5.69 Å². The molecule has 0 amide bonds. The third kappa shape index (κ3) is 4.13. The molecule has 1 aliphatic rings. The molecular formula is C16H26N2O. The summed E-state index contributed by atoms with van der Waals surface area (Å²) in [5.74, 6) is 1.67. The first kappa shape index (κ1) is 14.2. The topological polar surface area (TPSA) is 33.3 Å². The van der Waals surface area contributed by atoms with Gasteiger partial charge in [0, 0.05) is 6.04 Å². The summed E-state index contributed by atoms with van der Waals surface area (Å²) in [6.07, 6.45) is 1.31. The zero-order chi connectivity index (χ0) is 13.8. The van der Waals surface area contributed by atoms with Crippen molar-refractivity contribution in [3.63, 3.8) is 0 Å². The molecule has 2 unspecified atom stereocenters. The molecule has 1 aliphatic heterocycles. The van der Waals surface area contributed by atoms with E-state index in [0.29, 0.717) is 12.0 Å². The van der Waals surface area contributed by atoms with Gasteiger partial charge in [-0.3, -0.25) is 0 Å². The maximum Gasteiger partial charge on any atom is 0.142 e. The van der Waals surface area contributed by atoms with Crippen molar-refractivity contribution in [2.24, 2.45) is 5.92 Å². The monoisotopic (exact) mass is 262 g/mol. The van der Waals surface area contributed by atoms with Crippen molar-refractivity contribution in [3.05, 3.63) is 23.8 Å². The first-order valence-electron chi connectivity index (χ1n) is 7.31. The van der Waals surface area contributed by atoms with Crippen LogP contribution in [0.15, 0.2) is 18.2 Å². The van der Waals surface area contributed by atoms with Crippen LogP contribution in [0.2, 0.25) is 0 Å². The quantitative estimate of drug-likeness (QED) is 0.855. The molecule has 0 saturated heterocycles. The van der Waals surface area contributed by atoms with Crippen LogP contribution in [0.3, 0.4) is 0 Å². The van der Waals surface area contributed by atoms with Crippen LogP contribution >= 0.6 is 0 Å². The predicted octanol–water partition coefficient (Wildman–Crippen LogP) is 3.06. The van der Waals surface area contributed by atoms with Crippen LogP contribution in [-0.2, 0) is 6.42 Å². The molecule has 3 heteroatoms. The molecule has 0 spiro atoms. The molecule has 19 heavy (non-hydrogen) atoms. The summed E-state index contributed by atoms with van der Waals surface area (Å²) >= 11 is 0. The summed E-state index contributed by atoms with van der Waals surface area (Å²) in [5, 5.41) is 7.00. The van der Waals surface area contributed by atoms with Crippen molar-refractivity contribution in [3.8, 4) is 5.75 Å². The average Bonchev–Trinajstić information content (AvgIpc) is 2.36. The molecule has 2 N–H and O–H groups in total. The van der Waals surface area contributed by atoms with Crippen molar-refractivity contribution in [1.29, 1.82) is 0 Å². The smallest absolute Gasteiger partial charge is 0.142 e. The van der Waals surface area contributed by atoms with Gasteiger partial charge in [0.2, 0.25) is 0 Å². The number of nitrogens with one attached hydrogen (secondary N) is 2. The Hall–Kier alpha value is -1.22. The van der Waals surface area contributed by atoms with Crippen LogP contribution in [0, 0.1) is 5.92 Å². The molecule has 0 fully saturated rings. The Kier molecular flexibility index (Phi) is 4.70. The van der Waals surface area contributed by atoms with E-state index in [-0.39, 0.29) is 6.10 Å². The van der Waals surface area contributed by atoms with Gasteiger partial charge in [-0.25, -0.2) is 0 Å². The molecular weight excluding hydrogens is 236 g/mol. The van der Waals surface area contributed by atoms with E-state index >= 15 is 0 Å². The third-order valence-corrected chi connectivity index (χ3v) is 3.37. The van der Waals surface area contributed by atoms with Crippen molar-refractivity contribution in [1.82, 2.24) is 5.32 Å². The Labute approximate surface area is 116 Å². The van der Waals surface area contributed by atoms with Gasteiger partial charge in [-0.15, -0.1) is 0 Å². The van der Waals surface area contributed by atoms with E-state index in [1.807, 2.05) is 0 Å². The van der Waals surface area contributed by atoms with Crippen LogP contribution in [0.4, 0.5) is 5.69 Å². The molecule has 0 radical (unpaired) electrons. The summed E-state index contributed by atoms with van der Waals surface area (Å²) < 4.78 is 5.79. The first-order chi connectivity index (χ1) is 9.04. The Morgan fingerprint density at radius 1 is 1.37 bits per heavy atom. The number of hydrogen-bond acceptors (Lipinski definition) is 3. The van der Waals surface area contributed by atoms with Gasteiger partial charge < -0.3 is 15.4 Å². The number of ether oxygens (including phenoxy) is 1. The average molecular weight is 262 g/mol. The lowest BCUT2D eigenvalue weighted by Gasteiger charge is -2.25. The van der Waals surface area contributed by atoms with E-state index in [4.69, 9.17) is 4.74 Å². The molecule has 3 nitrogen and oxygen atoms in total. The predicted molar refractivity (Wildman–Crippen MR) is 81.0 cm³/mol. The molecule has 2 atom stereocenters. The second-order valence-corrected chi connectivity index (χ2v) is 6.05. The standard InChI is InChI=1S/C16H26N2O/c1-11(2)9-17-12(3)7-14-5-6-16-15(8-14)18-10-13(4)19-16/h5-6,8,11-13,17-18H,7,9-10H2,1-4H3. The van der Waals surface area contributed by atoms with Gasteiger partial charge in [0.05, 0.1) is 12.2 Å². The largest absolute Gasteiger partial charge is 0.487 e. The highest BCUT2D eigenvalue weighted by Gasteiger charge is 2.15. The number of fused-ring (bicyclic) bond motifs is 1. The first-order valence-corrected chi connectivity index (χ1v) is 7.31. The molecule has 106 valence electrons. The lowest BCUT2D eigenvalue weighted by atomic mass is 10.0. The van der Waals surface area contributed by atoms with E-state index in [9.17, 15) is 0 Å². The summed E-state index contributed by atoms with van der Waals surface area (Å²) in [6, 6.07) is 6.98. The summed E-state index contributed by atoms with van der Waals surface area (Å²) in [5.41, 5.74) is 2.49. The minimum atomic E-state index is 0.255. The highest BCUT2D eigenvalue weighted by atomic mass is 16.5. The number of benzene rings is 1. The lowest BCUT2D eigenvalue weighted by Crippen LogP contribution is -2.31. The minimum absolute atomic E-state index is 0.255. The van der Waals surface area contributed by atoms with E-state index in [2.05, 4.69) is 56.5 Å². The van der Waals surface area contributed by atoms with Gasteiger partial charge in [-0.05, 0) is 50.4 Å². The fourth-order valence-corrected chi connectivity index (χ4v) is 2.32. The molecule has 1 heterocycles. The third-order valence-electron chi connectivity index (χ3n) is 3.37. The van der Waals surface area contributed by atoms with E-state index in [1.165, 1.54) is 5.56 Å². The summed E-state index contributed by atoms with van der Waals surface area (Å²) in [7, 11) is 0. The Balaban J connectivity index is 1.94. The second kappa shape index (κ2) is 6.29. The van der Waals surface area contributed by atoms with Gasteiger partial charge in [0.15, 0.2) is 0 Å². The molecule has 1 aromatic rings. The fourth-order valence-electron chi connectivity index (χ4n) is 2.32. The van der Waals surface area contributed by atoms with E-state index in [0.717, 1.165) is 30.9 Å². The second-order valence-electron chi connectivity index (χ2n) is 6.05. The fraction of sp³-hybridized carbons (Fsp3) is 0.625. The Morgan fingerprint density at radius 3 is 2.89 bits per heavy atom. The van der Waals surface area contributed by atoms with Crippen LogP contribution in [0.5, 0.6) is 5.75 Å². The Morgan fingerprint density at radius 2 is 2.16 bits per heavy atom. The highest BCUT2D eigenvalue weighted by Crippen LogP contribution is 2.30. The van der Waals surface area contributed by atoms with Gasteiger partial charge in [-0.1, -0.05) is 19.9 Å². The van der Waals surface area contributed by atoms with Gasteiger partial charge in [-0.2, -0.15) is 0 Å². The van der Waals surface area contributed by atoms with E-state index < -0.39 is 0 Å². The van der Waals surface area contributed by atoms with Crippen LogP contribution < -0.4 is 15.4 Å². The Bertz CT molecular complexity index is 417. The molecule has 0 bridgehead atoms. The summed E-state index contributed by atoms with van der Waals surface area (Å²) in [6.45, 7) is 10.8. The van der Waals surface area contributed by atoms with Gasteiger partial charge in [0.25, 0.3) is 0 Å². The maximum atomic E-state index is 5.79. The van der Waals surface area contributed by atoms with Crippen LogP contribution in [-0.4, -0.2) is 25.2 Å². The van der Waals surface area contributed by atoms with Crippen molar-refractivity contribution in [2.75, 3.05) is 18.4 Å². The molecule has 1 aromatic carbocycles. The van der Waals surface area contributed by atoms with Crippen molar-refractivity contribution in [2.45, 2.75) is 46.3 Å². The summed E-state index contributed by atoms with van der Waals surface area (Å²) in [4.78, 5) is 0. The van der Waals surface area contributed by atoms with Gasteiger partial charge in [0.1, 0.15) is 11.9 Å². The SMILES string of the molecule is CC(C)CNC(C)Cc1ccc2c(c1)NCC(C)O2. The molecule has 0 aromatic heterocycles. The van der Waals surface area contributed by atoms with Crippen molar-refractivity contribution < 1.29 is 4.74 Å². The zero-order valence-electron chi connectivity index (χ0n) is 12.5. The molecule has 2 rings (SSSR count). The normalized spacial score (nSPS) is 19.5. The highest BCUT2D eigenvalue weighted by molar-refractivity contribution is 5.59. The van der Waals surface area contributed by atoms with E-state index in [1.54, 1.807) is 0 Å². The molecule has 0 saturated carbocycles. The lowest BCUT2D eigenvalue weighted by molar-refractivity contribution is 0.226. The number of anilines is 1. The van der Waals surface area contributed by atoms with Gasteiger partial charge >= 0.3 is 0 Å². The zero-order valence-corrected chi connectivity index (χ0v) is 12.5. The molecule has 0 aliphatic carbocycles. The van der Waals surface area contributed by atoms with Crippen LogP contribution in [0.1, 0.15) is 33.3 Å². The minimum Gasteiger partial charge on any atom is -0.487 e. The maximum absolute atomic E-state index is 5.79.